The topological polar surface area (TPSA) is 78.5 Å². The van der Waals surface area contributed by atoms with Crippen molar-refractivity contribution in [3.63, 3.8) is 0 Å². The van der Waals surface area contributed by atoms with Gasteiger partial charge in [-0.15, -0.1) is 0 Å². The molecule has 3 rings (SSSR count). The lowest BCUT2D eigenvalue weighted by Crippen LogP contribution is -2.45. The smallest absolute Gasteiger partial charge is 0.322 e. The molecule has 1 heterocycles. The molecule has 2 N–H and O–H groups in total. The number of carbonyl (C=O) groups excluding carboxylic acids is 1. The van der Waals surface area contributed by atoms with Gasteiger partial charge in [-0.3, -0.25) is 4.90 Å². The summed E-state index contributed by atoms with van der Waals surface area (Å²) < 4.78 is 27.1. The first-order valence-electron chi connectivity index (χ1n) is 9.22. The van der Waals surface area contributed by atoms with Crippen molar-refractivity contribution < 1.29 is 13.2 Å². The van der Waals surface area contributed by atoms with Gasteiger partial charge in [-0.1, -0.05) is 26.2 Å². The number of benzene rings is 1. The molecule has 1 aromatic carbocycles. The Morgan fingerprint density at radius 2 is 2.00 bits per heavy atom. The number of sulfonamides is 1. The van der Waals surface area contributed by atoms with Crippen LogP contribution < -0.4 is 14.9 Å². The van der Waals surface area contributed by atoms with Crippen molar-refractivity contribution in [1.29, 1.82) is 0 Å². The molecular formula is C18H27N3O3S. The molecule has 1 aliphatic heterocycles. The summed E-state index contributed by atoms with van der Waals surface area (Å²) in [5.41, 5.74) is 1.74. The molecule has 1 aromatic rings. The van der Waals surface area contributed by atoms with Gasteiger partial charge in [0.1, 0.15) is 0 Å². The monoisotopic (exact) mass is 365 g/mol. The minimum Gasteiger partial charge on any atom is -0.335 e. The number of anilines is 1. The summed E-state index contributed by atoms with van der Waals surface area (Å²) in [6.45, 7) is 2.95. The van der Waals surface area contributed by atoms with E-state index in [4.69, 9.17) is 0 Å². The lowest BCUT2D eigenvalue weighted by Gasteiger charge is -2.26. The molecule has 7 heteroatoms. The zero-order chi connectivity index (χ0) is 17.9. The van der Waals surface area contributed by atoms with E-state index in [9.17, 15) is 13.2 Å². The van der Waals surface area contributed by atoms with Crippen molar-refractivity contribution >= 4 is 21.7 Å². The number of nitrogens with zero attached hydrogens (tertiary/aromatic N) is 1. The quantitative estimate of drug-likeness (QED) is 0.842. The molecule has 1 saturated carbocycles. The number of urea groups is 1. The van der Waals surface area contributed by atoms with Crippen LogP contribution in [0.2, 0.25) is 0 Å². The van der Waals surface area contributed by atoms with E-state index in [0.29, 0.717) is 19.5 Å². The Hall–Kier alpha value is -1.60. The maximum absolute atomic E-state index is 12.6. The molecule has 0 radical (unpaired) electrons. The normalized spacial score (nSPS) is 18.2. The highest BCUT2D eigenvalue weighted by Gasteiger charge is 2.28. The molecular weight excluding hydrogens is 338 g/mol. The van der Waals surface area contributed by atoms with Crippen LogP contribution in [0.4, 0.5) is 10.5 Å². The third-order valence-corrected chi connectivity index (χ3v) is 6.44. The Morgan fingerprint density at radius 3 is 2.72 bits per heavy atom. The Morgan fingerprint density at radius 1 is 1.24 bits per heavy atom. The summed E-state index contributed by atoms with van der Waals surface area (Å²) in [5, 5.41) is 3.13. The second-order valence-corrected chi connectivity index (χ2v) is 8.64. The van der Waals surface area contributed by atoms with E-state index in [2.05, 4.69) is 10.0 Å². The van der Waals surface area contributed by atoms with Gasteiger partial charge in [0.2, 0.25) is 10.0 Å². The molecule has 1 aliphatic carbocycles. The fourth-order valence-electron chi connectivity index (χ4n) is 3.58. The number of hydrogen-bond donors (Lipinski definition) is 2. The first-order valence-corrected chi connectivity index (χ1v) is 10.7. The van der Waals surface area contributed by atoms with Crippen LogP contribution in [0, 0.1) is 0 Å². The van der Waals surface area contributed by atoms with Crippen LogP contribution in [0.3, 0.4) is 0 Å². The number of carbonyl (C=O) groups is 1. The minimum atomic E-state index is -3.47. The molecule has 0 saturated heterocycles. The molecule has 0 aromatic heterocycles. The van der Waals surface area contributed by atoms with Crippen molar-refractivity contribution in [2.75, 3.05) is 18.0 Å². The molecule has 0 bridgehead atoms. The molecule has 0 unspecified atom stereocenters. The maximum atomic E-state index is 12.6. The molecule has 138 valence electrons. The third kappa shape index (κ3) is 4.15. The van der Waals surface area contributed by atoms with Gasteiger partial charge in [-0.05, 0) is 49.4 Å². The molecule has 0 atom stereocenters. The van der Waals surface area contributed by atoms with Gasteiger partial charge in [0.15, 0.2) is 0 Å². The fraction of sp³-hybridized carbons (Fsp3) is 0.611. The van der Waals surface area contributed by atoms with Crippen LogP contribution >= 0.6 is 0 Å². The predicted molar refractivity (Wildman–Crippen MR) is 98.4 cm³/mol. The number of nitrogens with one attached hydrogen (secondary N) is 2. The fourth-order valence-corrected chi connectivity index (χ4v) is 4.76. The Labute approximate surface area is 150 Å². The van der Waals surface area contributed by atoms with Gasteiger partial charge in [0.05, 0.1) is 4.90 Å². The lowest BCUT2D eigenvalue weighted by atomic mass is 9.96. The van der Waals surface area contributed by atoms with Crippen molar-refractivity contribution in [3.05, 3.63) is 23.8 Å². The Bertz CT molecular complexity index is 727. The summed E-state index contributed by atoms with van der Waals surface area (Å²) in [5.74, 6) is 0. The van der Waals surface area contributed by atoms with E-state index in [1.54, 1.807) is 23.1 Å². The highest BCUT2D eigenvalue weighted by atomic mass is 32.2. The van der Waals surface area contributed by atoms with Gasteiger partial charge >= 0.3 is 6.03 Å². The average Bonchev–Trinajstić information content (AvgIpc) is 3.04. The highest BCUT2D eigenvalue weighted by molar-refractivity contribution is 7.89. The zero-order valence-corrected chi connectivity index (χ0v) is 15.6. The van der Waals surface area contributed by atoms with E-state index in [0.717, 1.165) is 30.5 Å². The SMILES string of the molecule is CCCNS(=O)(=O)c1ccc2c(c1)CCN2C(=O)NC1CCCCC1. The minimum absolute atomic E-state index is 0.0645. The second kappa shape index (κ2) is 7.74. The summed E-state index contributed by atoms with van der Waals surface area (Å²) in [6.07, 6.45) is 7.13. The predicted octanol–water partition coefficient (Wildman–Crippen LogP) is 2.78. The van der Waals surface area contributed by atoms with Gasteiger partial charge in [-0.25, -0.2) is 17.9 Å². The highest BCUT2D eigenvalue weighted by Crippen LogP contribution is 2.30. The van der Waals surface area contributed by atoms with Crippen molar-refractivity contribution in [3.8, 4) is 0 Å². The van der Waals surface area contributed by atoms with Crippen molar-refractivity contribution in [2.24, 2.45) is 0 Å². The van der Waals surface area contributed by atoms with Gasteiger partial charge in [-0.2, -0.15) is 0 Å². The maximum Gasteiger partial charge on any atom is 0.322 e. The number of amides is 2. The van der Waals surface area contributed by atoms with Crippen LogP contribution in [-0.4, -0.2) is 33.6 Å². The largest absolute Gasteiger partial charge is 0.335 e. The van der Waals surface area contributed by atoms with E-state index in [1.165, 1.54) is 19.3 Å². The van der Waals surface area contributed by atoms with Crippen molar-refractivity contribution in [1.82, 2.24) is 10.0 Å². The summed E-state index contributed by atoms with van der Waals surface area (Å²) in [6, 6.07) is 5.24. The summed E-state index contributed by atoms with van der Waals surface area (Å²) in [7, 11) is -3.47. The first kappa shape index (κ1) is 18.2. The number of hydrogen-bond acceptors (Lipinski definition) is 3. The second-order valence-electron chi connectivity index (χ2n) is 6.87. The van der Waals surface area contributed by atoms with E-state index < -0.39 is 10.0 Å². The van der Waals surface area contributed by atoms with Crippen LogP contribution in [0.25, 0.3) is 0 Å². The lowest BCUT2D eigenvalue weighted by molar-refractivity contribution is 0.238. The van der Waals surface area contributed by atoms with Crippen LogP contribution in [0.5, 0.6) is 0 Å². The Kier molecular flexibility index (Phi) is 5.64. The van der Waals surface area contributed by atoms with Gasteiger partial charge < -0.3 is 5.32 Å². The van der Waals surface area contributed by atoms with Gasteiger partial charge in [0, 0.05) is 24.8 Å². The van der Waals surface area contributed by atoms with Gasteiger partial charge in [0.25, 0.3) is 0 Å². The van der Waals surface area contributed by atoms with E-state index >= 15 is 0 Å². The molecule has 0 spiro atoms. The van der Waals surface area contributed by atoms with Crippen molar-refractivity contribution in [2.45, 2.75) is 62.8 Å². The van der Waals surface area contributed by atoms with E-state index in [-0.39, 0.29) is 17.0 Å². The molecule has 2 aliphatic rings. The average molecular weight is 365 g/mol. The Balaban J connectivity index is 1.71. The van der Waals surface area contributed by atoms with Crippen LogP contribution in [0.1, 0.15) is 51.0 Å². The standard InChI is InChI=1S/C18H27N3O3S/c1-2-11-19-25(23,24)16-8-9-17-14(13-16)10-12-21(17)18(22)20-15-6-4-3-5-7-15/h8-9,13,15,19H,2-7,10-12H2,1H3,(H,20,22). The number of fused-ring (bicyclic) bond motifs is 1. The zero-order valence-electron chi connectivity index (χ0n) is 14.8. The summed E-state index contributed by atoms with van der Waals surface area (Å²) in [4.78, 5) is 14.6. The molecule has 2 amide bonds. The molecule has 1 fully saturated rings. The summed E-state index contributed by atoms with van der Waals surface area (Å²) >= 11 is 0. The van der Waals surface area contributed by atoms with Crippen LogP contribution in [0.15, 0.2) is 23.1 Å². The first-order chi connectivity index (χ1) is 12.0. The van der Waals surface area contributed by atoms with Crippen LogP contribution in [-0.2, 0) is 16.4 Å². The number of rotatable bonds is 5. The third-order valence-electron chi connectivity index (χ3n) is 4.98. The molecule has 6 nitrogen and oxygen atoms in total. The molecule has 25 heavy (non-hydrogen) atoms. The van der Waals surface area contributed by atoms with E-state index in [1.807, 2.05) is 6.92 Å².